The van der Waals surface area contributed by atoms with Gasteiger partial charge in [-0.25, -0.2) is 0 Å². The molecule has 1 atom stereocenters. The third kappa shape index (κ3) is 2.60. The maximum atomic E-state index is 12.0. The molecule has 0 spiro atoms. The summed E-state index contributed by atoms with van der Waals surface area (Å²) in [6.07, 6.45) is -1.09. The molecule has 2 nitrogen and oxygen atoms in total. The Kier molecular flexibility index (Phi) is 3.35. The molecule has 2 heteroatoms. The fraction of sp³-hybridized carbons (Fsp3) is 0.133. The number of Topliss-reactive ketones (excluding diaryl/α,β-unsaturated/α-hetero) is 1. The van der Waals surface area contributed by atoms with E-state index >= 15 is 0 Å². The average Bonchev–Trinajstić information content (AvgIpc) is 2.39. The van der Waals surface area contributed by atoms with Crippen LogP contribution >= 0.6 is 0 Å². The van der Waals surface area contributed by atoms with Gasteiger partial charge in [0.05, 0.1) is 0 Å². The molecule has 86 valence electrons. The number of aliphatic hydroxyl groups excluding tert-OH is 1. The fourth-order valence-electron chi connectivity index (χ4n) is 1.66. The zero-order valence-corrected chi connectivity index (χ0v) is 9.63. The minimum absolute atomic E-state index is 0.269. The Labute approximate surface area is 101 Å². The summed E-state index contributed by atoms with van der Waals surface area (Å²) in [6, 6.07) is 16.2. The fourth-order valence-corrected chi connectivity index (χ4v) is 1.66. The molecule has 0 aliphatic carbocycles. The molecular formula is C15H14O2. The highest BCUT2D eigenvalue weighted by Gasteiger charge is 2.18. The monoisotopic (exact) mass is 226 g/mol. The third-order valence-corrected chi connectivity index (χ3v) is 2.70. The summed E-state index contributed by atoms with van der Waals surface area (Å²) >= 11 is 0. The van der Waals surface area contributed by atoms with Gasteiger partial charge in [-0.3, -0.25) is 4.79 Å². The van der Waals surface area contributed by atoms with Gasteiger partial charge in [0, 0.05) is 5.56 Å². The van der Waals surface area contributed by atoms with Crippen LogP contribution < -0.4 is 0 Å². The number of carbonyl (C=O) groups excluding carboxylic acids is 1. The van der Waals surface area contributed by atoms with Crippen LogP contribution in [0.1, 0.15) is 27.6 Å². The maximum absolute atomic E-state index is 12.0. The lowest BCUT2D eigenvalue weighted by molar-refractivity contribution is 0.0747. The van der Waals surface area contributed by atoms with Crippen molar-refractivity contribution in [3.8, 4) is 0 Å². The highest BCUT2D eigenvalue weighted by molar-refractivity contribution is 5.99. The predicted octanol–water partition coefficient (Wildman–Crippen LogP) is 2.91. The summed E-state index contributed by atoms with van der Waals surface area (Å²) in [6.45, 7) is 1.97. The molecule has 0 bridgehead atoms. The van der Waals surface area contributed by atoms with Crippen LogP contribution in [-0.4, -0.2) is 10.9 Å². The molecule has 0 aromatic heterocycles. The maximum Gasteiger partial charge on any atom is 0.195 e. The number of carbonyl (C=O) groups is 1. The number of hydrogen-bond acceptors (Lipinski definition) is 2. The first-order chi connectivity index (χ1) is 8.18. The van der Waals surface area contributed by atoms with Crippen LogP contribution in [0.2, 0.25) is 0 Å². The molecule has 0 unspecified atom stereocenters. The van der Waals surface area contributed by atoms with Crippen LogP contribution in [0.15, 0.2) is 54.6 Å². The van der Waals surface area contributed by atoms with Gasteiger partial charge in [-0.1, -0.05) is 60.2 Å². The van der Waals surface area contributed by atoms with Gasteiger partial charge < -0.3 is 5.11 Å². The van der Waals surface area contributed by atoms with Crippen molar-refractivity contribution in [1.29, 1.82) is 0 Å². The standard InChI is InChI=1S/C15H14O2/c1-11-7-9-13(10-8-11)15(17)14(16)12-5-3-2-4-6-12/h2-10,15,17H,1H3/t15-/m0/s1. The van der Waals surface area contributed by atoms with Crippen LogP contribution in [0, 0.1) is 6.92 Å². The number of hydrogen-bond donors (Lipinski definition) is 1. The summed E-state index contributed by atoms with van der Waals surface area (Å²) in [5.74, 6) is -0.269. The van der Waals surface area contributed by atoms with Crippen molar-refractivity contribution in [3.63, 3.8) is 0 Å². The highest BCUT2D eigenvalue weighted by atomic mass is 16.3. The zero-order chi connectivity index (χ0) is 12.3. The van der Waals surface area contributed by atoms with E-state index in [1.54, 1.807) is 36.4 Å². The second-order valence-electron chi connectivity index (χ2n) is 4.04. The van der Waals surface area contributed by atoms with Crippen LogP contribution in [0.4, 0.5) is 0 Å². The highest BCUT2D eigenvalue weighted by Crippen LogP contribution is 2.18. The first-order valence-electron chi connectivity index (χ1n) is 5.52. The van der Waals surface area contributed by atoms with Crippen LogP contribution in [0.5, 0.6) is 0 Å². The Morgan fingerprint density at radius 2 is 1.59 bits per heavy atom. The summed E-state index contributed by atoms with van der Waals surface area (Å²) < 4.78 is 0. The number of ketones is 1. The Balaban J connectivity index is 2.23. The van der Waals surface area contributed by atoms with Gasteiger partial charge in [-0.2, -0.15) is 0 Å². The van der Waals surface area contributed by atoms with E-state index < -0.39 is 6.10 Å². The van der Waals surface area contributed by atoms with E-state index in [0.29, 0.717) is 11.1 Å². The van der Waals surface area contributed by atoms with Gasteiger partial charge in [-0.15, -0.1) is 0 Å². The second-order valence-corrected chi connectivity index (χ2v) is 4.04. The van der Waals surface area contributed by atoms with Gasteiger partial charge in [0.25, 0.3) is 0 Å². The number of benzene rings is 2. The molecule has 0 saturated carbocycles. The molecule has 2 rings (SSSR count). The Bertz CT molecular complexity index is 500. The molecule has 1 N–H and O–H groups in total. The first-order valence-corrected chi connectivity index (χ1v) is 5.52. The molecule has 0 saturated heterocycles. The second kappa shape index (κ2) is 4.93. The van der Waals surface area contributed by atoms with Gasteiger partial charge in [0.2, 0.25) is 0 Å². The van der Waals surface area contributed by atoms with E-state index in [-0.39, 0.29) is 5.78 Å². The smallest absolute Gasteiger partial charge is 0.195 e. The summed E-state index contributed by atoms with van der Waals surface area (Å²) in [4.78, 5) is 12.0. The lowest BCUT2D eigenvalue weighted by Crippen LogP contribution is -2.12. The molecule has 0 aliphatic heterocycles. The van der Waals surface area contributed by atoms with E-state index in [1.807, 2.05) is 25.1 Å². The topological polar surface area (TPSA) is 37.3 Å². The van der Waals surface area contributed by atoms with Gasteiger partial charge in [-0.05, 0) is 12.5 Å². The number of aryl methyl sites for hydroxylation is 1. The van der Waals surface area contributed by atoms with E-state index in [2.05, 4.69) is 0 Å². The Hall–Kier alpha value is -1.93. The minimum Gasteiger partial charge on any atom is -0.380 e. The van der Waals surface area contributed by atoms with E-state index in [0.717, 1.165) is 5.56 Å². The predicted molar refractivity (Wildman–Crippen MR) is 66.9 cm³/mol. The zero-order valence-electron chi connectivity index (χ0n) is 9.63. The van der Waals surface area contributed by atoms with Crippen LogP contribution in [0.3, 0.4) is 0 Å². The summed E-state index contributed by atoms with van der Waals surface area (Å²) in [5, 5.41) is 9.98. The molecule has 0 radical (unpaired) electrons. The lowest BCUT2D eigenvalue weighted by Gasteiger charge is -2.10. The Morgan fingerprint density at radius 1 is 1.00 bits per heavy atom. The van der Waals surface area contributed by atoms with Crippen molar-refractivity contribution in [2.24, 2.45) is 0 Å². The molecule has 2 aromatic rings. The molecule has 17 heavy (non-hydrogen) atoms. The summed E-state index contributed by atoms with van der Waals surface area (Å²) in [5.41, 5.74) is 2.26. The van der Waals surface area contributed by atoms with E-state index in [4.69, 9.17) is 0 Å². The van der Waals surface area contributed by atoms with Crippen molar-refractivity contribution in [1.82, 2.24) is 0 Å². The van der Waals surface area contributed by atoms with Crippen molar-refractivity contribution in [2.45, 2.75) is 13.0 Å². The molecule has 2 aromatic carbocycles. The van der Waals surface area contributed by atoms with Gasteiger partial charge in [0.15, 0.2) is 5.78 Å². The van der Waals surface area contributed by atoms with E-state index in [1.165, 1.54) is 0 Å². The van der Waals surface area contributed by atoms with Crippen molar-refractivity contribution in [3.05, 3.63) is 71.3 Å². The van der Waals surface area contributed by atoms with Crippen molar-refractivity contribution < 1.29 is 9.90 Å². The quantitative estimate of drug-likeness (QED) is 0.817. The van der Waals surface area contributed by atoms with Gasteiger partial charge in [0.1, 0.15) is 6.10 Å². The number of rotatable bonds is 3. The normalized spacial score (nSPS) is 12.1. The number of aliphatic hydroxyl groups is 1. The average molecular weight is 226 g/mol. The molecule has 0 aliphatic rings. The summed E-state index contributed by atoms with van der Waals surface area (Å²) in [7, 11) is 0. The van der Waals surface area contributed by atoms with Crippen LogP contribution in [0.25, 0.3) is 0 Å². The molecule has 0 amide bonds. The molecular weight excluding hydrogens is 212 g/mol. The van der Waals surface area contributed by atoms with Crippen molar-refractivity contribution >= 4 is 5.78 Å². The first kappa shape index (κ1) is 11.6. The van der Waals surface area contributed by atoms with Crippen molar-refractivity contribution in [2.75, 3.05) is 0 Å². The third-order valence-electron chi connectivity index (χ3n) is 2.70. The largest absolute Gasteiger partial charge is 0.380 e. The SMILES string of the molecule is Cc1ccc([C@H](O)C(=O)c2ccccc2)cc1. The minimum atomic E-state index is -1.09. The lowest BCUT2D eigenvalue weighted by atomic mass is 9.99. The molecule has 0 heterocycles. The van der Waals surface area contributed by atoms with Crippen LogP contribution in [-0.2, 0) is 0 Å². The van der Waals surface area contributed by atoms with Gasteiger partial charge >= 0.3 is 0 Å². The Morgan fingerprint density at radius 3 is 2.18 bits per heavy atom. The molecule has 0 fully saturated rings. The van der Waals surface area contributed by atoms with E-state index in [9.17, 15) is 9.90 Å².